The second kappa shape index (κ2) is 8.42. The van der Waals surface area contributed by atoms with Gasteiger partial charge in [-0.05, 0) is 41.9 Å². The van der Waals surface area contributed by atoms with Crippen LogP contribution in [-0.4, -0.2) is 22.2 Å². The zero-order chi connectivity index (χ0) is 20.9. The molecule has 2 rings (SSSR count). The first-order valence-corrected chi connectivity index (χ1v) is 9.36. The Morgan fingerprint density at radius 2 is 1.50 bits per heavy atom. The Hall–Kier alpha value is -2.88. The van der Waals surface area contributed by atoms with E-state index >= 15 is 0 Å². The normalized spacial score (nSPS) is 13.0. The summed E-state index contributed by atoms with van der Waals surface area (Å²) in [5.74, 6) is -3.37. The van der Waals surface area contributed by atoms with Crippen molar-refractivity contribution in [2.24, 2.45) is 10.8 Å². The van der Waals surface area contributed by atoms with Crippen molar-refractivity contribution in [2.45, 2.75) is 39.5 Å². The Morgan fingerprint density at radius 3 is 1.96 bits per heavy atom. The highest BCUT2D eigenvalue weighted by molar-refractivity contribution is 5.99. The zero-order valence-electron chi connectivity index (χ0n) is 16.7. The smallest absolute Gasteiger partial charge is 0.321 e. The van der Waals surface area contributed by atoms with E-state index in [1.165, 1.54) is 6.92 Å². The molecule has 0 aromatic heterocycles. The quantitative estimate of drug-likeness (QED) is 0.583. The summed E-state index contributed by atoms with van der Waals surface area (Å²) in [7, 11) is 0. The van der Waals surface area contributed by atoms with Crippen LogP contribution in [0.1, 0.15) is 49.8 Å². The molecule has 0 bridgehead atoms. The summed E-state index contributed by atoms with van der Waals surface area (Å²) in [4.78, 5) is 24.2. The second-order valence-corrected chi connectivity index (χ2v) is 8.09. The van der Waals surface area contributed by atoms with Crippen molar-refractivity contribution in [3.05, 3.63) is 77.9 Å². The Kier molecular flexibility index (Phi) is 6.45. The lowest BCUT2D eigenvalue weighted by molar-refractivity contribution is -0.168. The van der Waals surface area contributed by atoms with Crippen molar-refractivity contribution in [1.82, 2.24) is 0 Å². The Labute approximate surface area is 166 Å². The van der Waals surface area contributed by atoms with E-state index in [2.05, 4.69) is 6.58 Å². The molecule has 0 fully saturated rings. The lowest BCUT2D eigenvalue weighted by Crippen LogP contribution is -2.47. The molecule has 1 unspecified atom stereocenters. The Balaban J connectivity index is 2.50. The van der Waals surface area contributed by atoms with Crippen molar-refractivity contribution >= 4 is 18.0 Å². The highest BCUT2D eigenvalue weighted by Crippen LogP contribution is 2.50. The van der Waals surface area contributed by atoms with E-state index < -0.39 is 28.7 Å². The molecule has 28 heavy (non-hydrogen) atoms. The van der Waals surface area contributed by atoms with Crippen LogP contribution in [-0.2, 0) is 16.0 Å². The first-order chi connectivity index (χ1) is 13.1. The number of carboxylic acids is 2. The van der Waals surface area contributed by atoms with E-state index in [4.69, 9.17) is 0 Å². The number of rotatable bonds is 9. The van der Waals surface area contributed by atoms with Gasteiger partial charge in [0.25, 0.3) is 0 Å². The summed E-state index contributed by atoms with van der Waals surface area (Å²) in [5.41, 5.74) is 0.226. The molecule has 0 radical (unpaired) electrons. The molecule has 4 heteroatoms. The summed E-state index contributed by atoms with van der Waals surface area (Å²) in [6, 6.07) is 17.2. The van der Waals surface area contributed by atoms with E-state index in [1.54, 1.807) is 6.08 Å². The van der Waals surface area contributed by atoms with Crippen LogP contribution in [0.3, 0.4) is 0 Å². The van der Waals surface area contributed by atoms with Crippen molar-refractivity contribution in [2.75, 3.05) is 0 Å². The van der Waals surface area contributed by atoms with Gasteiger partial charge in [0.2, 0.25) is 0 Å². The molecule has 0 saturated carbocycles. The molecule has 2 N–H and O–H groups in total. The van der Waals surface area contributed by atoms with E-state index in [1.807, 2.05) is 68.4 Å². The maximum atomic E-state index is 12.1. The predicted octanol–water partition coefficient (Wildman–Crippen LogP) is 5.25. The monoisotopic (exact) mass is 380 g/mol. The van der Waals surface area contributed by atoms with Crippen LogP contribution < -0.4 is 0 Å². The first kappa shape index (κ1) is 21.4. The van der Waals surface area contributed by atoms with Gasteiger partial charge < -0.3 is 10.2 Å². The molecule has 4 nitrogen and oxygen atoms in total. The molecule has 1 atom stereocenters. The van der Waals surface area contributed by atoms with Gasteiger partial charge in [0.15, 0.2) is 5.41 Å². The van der Waals surface area contributed by atoms with Gasteiger partial charge in [-0.15, -0.1) is 0 Å². The van der Waals surface area contributed by atoms with Gasteiger partial charge in [0.05, 0.1) is 0 Å². The van der Waals surface area contributed by atoms with Crippen LogP contribution in [0.4, 0.5) is 0 Å². The standard InChI is InChI=1S/C24H28O4/c1-5-17-11-13-19(14-12-17)20(24(4,21(25)26)22(27)28)23(2,3)16-15-18-9-7-6-8-10-18/h5-14,20H,1,15-16H2,2-4H3,(H,25,26)(H,27,28). The van der Waals surface area contributed by atoms with Gasteiger partial charge in [-0.2, -0.15) is 0 Å². The summed E-state index contributed by atoms with van der Waals surface area (Å²) in [6.07, 6.45) is 3.10. The average Bonchev–Trinajstić information content (AvgIpc) is 2.67. The molecule has 0 spiro atoms. The summed E-state index contributed by atoms with van der Waals surface area (Å²) in [5, 5.41) is 19.8. The second-order valence-electron chi connectivity index (χ2n) is 8.09. The maximum Gasteiger partial charge on any atom is 0.321 e. The Bertz CT molecular complexity index is 821. The lowest BCUT2D eigenvalue weighted by atomic mass is 9.59. The third-order valence-corrected chi connectivity index (χ3v) is 5.65. The average molecular weight is 380 g/mol. The third-order valence-electron chi connectivity index (χ3n) is 5.65. The van der Waals surface area contributed by atoms with E-state index in [9.17, 15) is 19.8 Å². The lowest BCUT2D eigenvalue weighted by Gasteiger charge is -2.42. The van der Waals surface area contributed by atoms with Crippen molar-refractivity contribution in [1.29, 1.82) is 0 Å². The molecular formula is C24H28O4. The minimum absolute atomic E-state index is 0.572. The number of aliphatic carboxylic acids is 2. The fourth-order valence-electron chi connectivity index (χ4n) is 3.98. The summed E-state index contributed by atoms with van der Waals surface area (Å²) in [6.45, 7) is 8.95. The third kappa shape index (κ3) is 4.33. The van der Waals surface area contributed by atoms with Gasteiger partial charge in [-0.3, -0.25) is 9.59 Å². The molecule has 2 aromatic carbocycles. The molecule has 0 saturated heterocycles. The predicted molar refractivity (Wildman–Crippen MR) is 111 cm³/mol. The van der Waals surface area contributed by atoms with Crippen LogP contribution in [0.5, 0.6) is 0 Å². The number of carboxylic acid groups (broad SMARTS) is 2. The molecule has 0 aliphatic heterocycles. The topological polar surface area (TPSA) is 74.6 Å². The van der Waals surface area contributed by atoms with Gasteiger partial charge in [0.1, 0.15) is 0 Å². The van der Waals surface area contributed by atoms with Crippen LogP contribution in [0.15, 0.2) is 61.2 Å². The van der Waals surface area contributed by atoms with Crippen molar-refractivity contribution in [3.8, 4) is 0 Å². The van der Waals surface area contributed by atoms with E-state index in [0.29, 0.717) is 12.0 Å². The van der Waals surface area contributed by atoms with Gasteiger partial charge >= 0.3 is 11.9 Å². The highest BCUT2D eigenvalue weighted by Gasteiger charge is 2.54. The van der Waals surface area contributed by atoms with Crippen molar-refractivity contribution in [3.63, 3.8) is 0 Å². The van der Waals surface area contributed by atoms with Crippen molar-refractivity contribution < 1.29 is 19.8 Å². The highest BCUT2D eigenvalue weighted by atomic mass is 16.4. The first-order valence-electron chi connectivity index (χ1n) is 9.36. The molecule has 0 heterocycles. The van der Waals surface area contributed by atoms with Gasteiger partial charge in [0, 0.05) is 5.92 Å². The summed E-state index contributed by atoms with van der Waals surface area (Å²) < 4.78 is 0. The minimum Gasteiger partial charge on any atom is -0.480 e. The van der Waals surface area contributed by atoms with Crippen LogP contribution in [0, 0.1) is 10.8 Å². The number of benzene rings is 2. The minimum atomic E-state index is -1.95. The van der Waals surface area contributed by atoms with Crippen LogP contribution in [0.25, 0.3) is 6.08 Å². The number of hydrogen-bond donors (Lipinski definition) is 2. The molecule has 0 aliphatic carbocycles. The Morgan fingerprint density at radius 1 is 0.964 bits per heavy atom. The van der Waals surface area contributed by atoms with Gasteiger partial charge in [-0.25, -0.2) is 0 Å². The van der Waals surface area contributed by atoms with Crippen LogP contribution in [0.2, 0.25) is 0 Å². The van der Waals surface area contributed by atoms with Crippen LogP contribution >= 0.6 is 0 Å². The molecular weight excluding hydrogens is 352 g/mol. The number of carbonyl (C=O) groups is 2. The number of aryl methyl sites for hydroxylation is 1. The fraction of sp³-hybridized carbons (Fsp3) is 0.333. The van der Waals surface area contributed by atoms with E-state index in [-0.39, 0.29) is 0 Å². The molecule has 0 aliphatic rings. The maximum absolute atomic E-state index is 12.1. The molecule has 2 aromatic rings. The largest absolute Gasteiger partial charge is 0.480 e. The molecule has 148 valence electrons. The zero-order valence-corrected chi connectivity index (χ0v) is 16.7. The summed E-state index contributed by atoms with van der Waals surface area (Å²) >= 11 is 0. The molecule has 0 amide bonds. The SMILES string of the molecule is C=Cc1ccc(C(C(C)(C)CCc2ccccc2)C(C)(C(=O)O)C(=O)O)cc1. The van der Waals surface area contributed by atoms with Gasteiger partial charge in [-0.1, -0.05) is 81.1 Å². The fourth-order valence-corrected chi connectivity index (χ4v) is 3.98. The van der Waals surface area contributed by atoms with E-state index in [0.717, 1.165) is 17.5 Å². The number of hydrogen-bond acceptors (Lipinski definition) is 2.